The number of hydrogen-bond acceptors (Lipinski definition) is 0. The molecule has 0 aromatic carbocycles. The van der Waals surface area contributed by atoms with E-state index in [9.17, 15) is 0 Å². The van der Waals surface area contributed by atoms with E-state index in [1.807, 2.05) is 13.8 Å². The van der Waals surface area contributed by atoms with Crippen molar-refractivity contribution in [2.75, 3.05) is 0 Å². The van der Waals surface area contributed by atoms with Gasteiger partial charge in [-0.15, -0.1) is 11.6 Å². The quantitative estimate of drug-likeness (QED) is 0.442. The van der Waals surface area contributed by atoms with Crippen molar-refractivity contribution in [1.82, 2.24) is 6.15 Å². The molecule has 8 heavy (non-hydrogen) atoms. The summed E-state index contributed by atoms with van der Waals surface area (Å²) in [6, 6.07) is 0. The molecule has 0 fully saturated rings. The van der Waals surface area contributed by atoms with Gasteiger partial charge in [-0.2, -0.15) is 0 Å². The molecular formula is C5H15AlClN+4. The summed E-state index contributed by atoms with van der Waals surface area (Å²) in [6.07, 6.45) is 1.04. The zero-order chi connectivity index (χ0) is 5.21. The van der Waals surface area contributed by atoms with Crippen LogP contribution in [0.5, 0.6) is 0 Å². The number of rotatable bonds is 1. The third-order valence-electron chi connectivity index (χ3n) is 0.841. The maximum absolute atomic E-state index is 5.72. The van der Waals surface area contributed by atoms with Crippen LogP contribution in [0.2, 0.25) is 0 Å². The van der Waals surface area contributed by atoms with Gasteiger partial charge in [0.1, 0.15) is 0 Å². The van der Waals surface area contributed by atoms with Gasteiger partial charge in [0.25, 0.3) is 0 Å². The van der Waals surface area contributed by atoms with E-state index in [-0.39, 0.29) is 28.4 Å². The Bertz CT molecular complexity index is 42.2. The van der Waals surface area contributed by atoms with Crippen molar-refractivity contribution in [2.45, 2.75) is 32.1 Å². The van der Waals surface area contributed by atoms with Gasteiger partial charge in [0.15, 0.2) is 0 Å². The smallest absolute Gasteiger partial charge is 0.369 e. The molecule has 0 saturated heterocycles. The Labute approximate surface area is 67.5 Å². The van der Waals surface area contributed by atoms with E-state index in [4.69, 9.17) is 11.6 Å². The van der Waals surface area contributed by atoms with E-state index in [2.05, 4.69) is 6.92 Å². The van der Waals surface area contributed by atoms with Gasteiger partial charge in [-0.3, -0.25) is 0 Å². The molecule has 0 aromatic heterocycles. The van der Waals surface area contributed by atoms with Crippen LogP contribution in [0.3, 0.4) is 0 Å². The monoisotopic (exact) mass is 151 g/mol. The average Bonchev–Trinajstić information content (AvgIpc) is 1.35. The molecule has 0 bridgehead atoms. The van der Waals surface area contributed by atoms with Crippen LogP contribution >= 0.6 is 11.6 Å². The van der Waals surface area contributed by atoms with Crippen molar-refractivity contribution in [3.05, 3.63) is 0 Å². The predicted octanol–water partition coefficient (Wildman–Crippen LogP) is 2.41. The molecule has 0 aromatic rings. The topological polar surface area (TPSA) is 36.5 Å². The molecule has 1 nitrogen and oxygen atoms in total. The van der Waals surface area contributed by atoms with Crippen LogP contribution in [0.15, 0.2) is 0 Å². The van der Waals surface area contributed by atoms with Crippen molar-refractivity contribution in [3.8, 4) is 0 Å². The normalized spacial score (nSPS) is 9.00. The van der Waals surface area contributed by atoms with Crippen molar-refractivity contribution in [2.24, 2.45) is 0 Å². The second-order valence-corrected chi connectivity index (χ2v) is 3.10. The standard InChI is InChI=1S/C5H11Cl.Al.H3N/c1-4-5(2,3)6;;/h4H2,1-3H3;;1H3/q;+3;/p+1. The minimum Gasteiger partial charge on any atom is -0.369 e. The molecule has 0 heterocycles. The molecule has 46 valence electrons. The van der Waals surface area contributed by atoms with Crippen LogP contribution in [-0.4, -0.2) is 22.2 Å². The first-order valence-corrected chi connectivity index (χ1v) is 2.63. The van der Waals surface area contributed by atoms with E-state index < -0.39 is 0 Å². The number of hydrogen-bond donors (Lipinski definition) is 1. The van der Waals surface area contributed by atoms with Crippen LogP contribution in [0, 0.1) is 0 Å². The summed E-state index contributed by atoms with van der Waals surface area (Å²) in [7, 11) is 0. The predicted molar refractivity (Wildman–Crippen MR) is 42.0 cm³/mol. The Morgan fingerprint density at radius 1 is 1.38 bits per heavy atom. The summed E-state index contributed by atoms with van der Waals surface area (Å²) in [4.78, 5) is 0.0139. The Morgan fingerprint density at radius 3 is 1.50 bits per heavy atom. The molecule has 0 spiro atoms. The van der Waals surface area contributed by atoms with Gasteiger partial charge in [0, 0.05) is 4.87 Å². The third-order valence-corrected chi connectivity index (χ3v) is 1.11. The molecular weight excluding hydrogens is 136 g/mol. The molecule has 3 heteroatoms. The van der Waals surface area contributed by atoms with Gasteiger partial charge in [0.05, 0.1) is 0 Å². The zero-order valence-corrected chi connectivity index (χ0v) is 8.07. The summed E-state index contributed by atoms with van der Waals surface area (Å²) in [5.74, 6) is 0. The number of halogens is 1. The molecule has 0 aliphatic heterocycles. The fourth-order valence-electron chi connectivity index (χ4n) is 0. The number of quaternary nitrogens is 1. The molecule has 0 unspecified atom stereocenters. The molecule has 0 saturated carbocycles. The molecule has 0 amide bonds. The van der Waals surface area contributed by atoms with E-state index in [1.165, 1.54) is 0 Å². The van der Waals surface area contributed by atoms with Crippen LogP contribution in [0.25, 0.3) is 0 Å². The second-order valence-electron chi connectivity index (χ2n) is 2.07. The Morgan fingerprint density at radius 2 is 1.50 bits per heavy atom. The fourth-order valence-corrected chi connectivity index (χ4v) is 0. The Hall–Kier alpha value is 0.782. The molecule has 0 radical (unpaired) electrons. The average molecular weight is 152 g/mol. The first-order chi connectivity index (χ1) is 2.56. The van der Waals surface area contributed by atoms with Crippen LogP contribution < -0.4 is 6.15 Å². The van der Waals surface area contributed by atoms with E-state index in [1.54, 1.807) is 0 Å². The van der Waals surface area contributed by atoms with Gasteiger partial charge in [-0.1, -0.05) is 6.92 Å². The van der Waals surface area contributed by atoms with Crippen molar-refractivity contribution < 1.29 is 0 Å². The van der Waals surface area contributed by atoms with Crippen molar-refractivity contribution >= 4 is 29.0 Å². The van der Waals surface area contributed by atoms with Crippen LogP contribution in [-0.2, 0) is 0 Å². The first-order valence-electron chi connectivity index (χ1n) is 2.25. The first kappa shape index (κ1) is 15.9. The molecule has 0 aliphatic rings. The molecule has 0 rings (SSSR count). The summed E-state index contributed by atoms with van der Waals surface area (Å²) in [6.45, 7) is 6.09. The summed E-state index contributed by atoms with van der Waals surface area (Å²) in [5, 5.41) is 0. The second kappa shape index (κ2) is 5.91. The van der Waals surface area contributed by atoms with Gasteiger partial charge in [0.2, 0.25) is 0 Å². The Kier molecular flexibility index (Phi) is 11.8. The van der Waals surface area contributed by atoms with Gasteiger partial charge in [-0.05, 0) is 20.3 Å². The van der Waals surface area contributed by atoms with Gasteiger partial charge in [-0.25, -0.2) is 0 Å². The SMILES string of the molecule is CCC(C)(C)Cl.[Al+3].[NH4+]. The minimum atomic E-state index is 0. The largest absolute Gasteiger partial charge is 3.00 e. The molecule has 0 aliphatic carbocycles. The van der Waals surface area contributed by atoms with Crippen LogP contribution in [0.1, 0.15) is 27.2 Å². The van der Waals surface area contributed by atoms with E-state index in [0.29, 0.717) is 0 Å². The van der Waals surface area contributed by atoms with E-state index in [0.717, 1.165) is 6.42 Å². The summed E-state index contributed by atoms with van der Waals surface area (Å²) in [5.41, 5.74) is 0. The van der Waals surface area contributed by atoms with E-state index >= 15 is 0 Å². The molecule has 4 N–H and O–H groups in total. The Balaban J connectivity index is -0.000000125. The fraction of sp³-hybridized carbons (Fsp3) is 1.00. The summed E-state index contributed by atoms with van der Waals surface area (Å²) < 4.78 is 0. The van der Waals surface area contributed by atoms with Crippen molar-refractivity contribution in [3.63, 3.8) is 0 Å². The third kappa shape index (κ3) is 15.9. The van der Waals surface area contributed by atoms with Gasteiger partial charge < -0.3 is 6.15 Å². The maximum atomic E-state index is 5.72. The maximum Gasteiger partial charge on any atom is 3.00 e. The van der Waals surface area contributed by atoms with Crippen molar-refractivity contribution in [1.29, 1.82) is 0 Å². The number of alkyl halides is 1. The minimum absolute atomic E-state index is 0. The van der Waals surface area contributed by atoms with Gasteiger partial charge >= 0.3 is 17.4 Å². The zero-order valence-electron chi connectivity index (χ0n) is 6.16. The molecule has 0 atom stereocenters. The summed E-state index contributed by atoms with van der Waals surface area (Å²) >= 11 is 5.72. The van der Waals surface area contributed by atoms with Crippen LogP contribution in [0.4, 0.5) is 0 Å².